The third kappa shape index (κ3) is 4.23. The fourth-order valence-corrected chi connectivity index (χ4v) is 3.64. The number of rotatable bonds is 5. The van der Waals surface area contributed by atoms with Crippen molar-refractivity contribution in [2.75, 3.05) is 26.2 Å². The Morgan fingerprint density at radius 2 is 1.92 bits per heavy atom. The number of carbonyl (C=O) groups excluding carboxylic acids is 3. The molecule has 1 atom stereocenters. The smallest absolute Gasteiger partial charge is 0.310 e. The first-order valence-corrected chi connectivity index (χ1v) is 9.41. The first kappa shape index (κ1) is 18.4. The molecule has 1 aromatic carbocycles. The van der Waals surface area contributed by atoms with Crippen molar-refractivity contribution in [1.82, 2.24) is 9.80 Å². The first-order chi connectivity index (χ1) is 12.6. The van der Waals surface area contributed by atoms with Crippen LogP contribution in [0.15, 0.2) is 24.3 Å². The van der Waals surface area contributed by atoms with E-state index in [9.17, 15) is 14.4 Å². The number of carbonyl (C=O) groups is 3. The summed E-state index contributed by atoms with van der Waals surface area (Å²) in [5, 5.41) is 0. The number of hydrogen-bond donors (Lipinski definition) is 0. The summed E-state index contributed by atoms with van der Waals surface area (Å²) in [4.78, 5) is 40.0. The second-order valence-corrected chi connectivity index (χ2v) is 6.96. The number of hydrogen-bond acceptors (Lipinski definition) is 4. The highest BCUT2D eigenvalue weighted by Crippen LogP contribution is 2.21. The van der Waals surface area contributed by atoms with Crippen molar-refractivity contribution in [3.05, 3.63) is 35.4 Å². The third-order valence-electron chi connectivity index (χ3n) is 5.07. The highest BCUT2D eigenvalue weighted by molar-refractivity contribution is 5.94. The van der Waals surface area contributed by atoms with Gasteiger partial charge in [-0.2, -0.15) is 0 Å². The largest absolute Gasteiger partial charge is 0.466 e. The average Bonchev–Trinajstić information content (AvgIpc) is 3.07. The summed E-state index contributed by atoms with van der Waals surface area (Å²) in [6.45, 7) is 4.65. The Labute approximate surface area is 154 Å². The number of piperidine rings is 1. The molecule has 0 aliphatic carbocycles. The van der Waals surface area contributed by atoms with E-state index in [1.54, 1.807) is 11.8 Å². The Bertz CT molecular complexity index is 671. The number of amides is 2. The van der Waals surface area contributed by atoms with Crippen LogP contribution >= 0.6 is 0 Å². The van der Waals surface area contributed by atoms with Crippen LogP contribution in [0.5, 0.6) is 0 Å². The second kappa shape index (κ2) is 8.34. The molecule has 26 heavy (non-hydrogen) atoms. The molecule has 2 amide bonds. The van der Waals surface area contributed by atoms with E-state index in [1.165, 1.54) is 0 Å². The summed E-state index contributed by atoms with van der Waals surface area (Å²) in [5.41, 5.74) is 1.64. The molecule has 0 bridgehead atoms. The highest BCUT2D eigenvalue weighted by Gasteiger charge is 2.29. The van der Waals surface area contributed by atoms with E-state index < -0.39 is 0 Å². The summed E-state index contributed by atoms with van der Waals surface area (Å²) in [5.74, 6) is -0.296. The number of esters is 1. The summed E-state index contributed by atoms with van der Waals surface area (Å²) in [6.07, 6.45) is 3.13. The van der Waals surface area contributed by atoms with Crippen molar-refractivity contribution in [3.63, 3.8) is 0 Å². The molecule has 2 aliphatic rings. The number of nitrogens with zero attached hydrogens (tertiary/aromatic N) is 2. The zero-order valence-electron chi connectivity index (χ0n) is 15.3. The van der Waals surface area contributed by atoms with E-state index in [0.29, 0.717) is 38.2 Å². The Morgan fingerprint density at radius 3 is 2.58 bits per heavy atom. The van der Waals surface area contributed by atoms with Gasteiger partial charge in [-0.1, -0.05) is 12.1 Å². The summed E-state index contributed by atoms with van der Waals surface area (Å²) in [6, 6.07) is 7.44. The van der Waals surface area contributed by atoms with Crippen LogP contribution < -0.4 is 0 Å². The van der Waals surface area contributed by atoms with Gasteiger partial charge in [0.1, 0.15) is 0 Å². The van der Waals surface area contributed by atoms with E-state index in [2.05, 4.69) is 0 Å². The Morgan fingerprint density at radius 1 is 1.15 bits per heavy atom. The first-order valence-electron chi connectivity index (χ1n) is 9.41. The normalized spacial score (nSPS) is 20.3. The van der Waals surface area contributed by atoms with Gasteiger partial charge in [-0.3, -0.25) is 14.4 Å². The number of likely N-dealkylation sites (tertiary alicyclic amines) is 2. The van der Waals surface area contributed by atoms with E-state index in [-0.39, 0.29) is 23.7 Å². The van der Waals surface area contributed by atoms with E-state index in [1.807, 2.05) is 29.2 Å². The van der Waals surface area contributed by atoms with Gasteiger partial charge in [0.2, 0.25) is 5.91 Å². The van der Waals surface area contributed by atoms with Crippen molar-refractivity contribution < 1.29 is 19.1 Å². The van der Waals surface area contributed by atoms with Crippen LogP contribution in [0.1, 0.15) is 48.5 Å². The van der Waals surface area contributed by atoms with E-state index in [0.717, 1.165) is 31.4 Å². The average molecular weight is 358 g/mol. The molecule has 0 aromatic heterocycles. The predicted octanol–water partition coefficient (Wildman–Crippen LogP) is 2.22. The lowest BCUT2D eigenvalue weighted by molar-refractivity contribution is -0.149. The molecule has 140 valence electrons. The van der Waals surface area contributed by atoms with E-state index >= 15 is 0 Å². The lowest BCUT2D eigenvalue weighted by atomic mass is 9.97. The molecule has 2 saturated heterocycles. The molecule has 0 saturated carbocycles. The van der Waals surface area contributed by atoms with Gasteiger partial charge in [-0.25, -0.2) is 0 Å². The van der Waals surface area contributed by atoms with Crippen molar-refractivity contribution in [2.45, 2.75) is 39.2 Å². The van der Waals surface area contributed by atoms with Crippen LogP contribution in [0, 0.1) is 5.92 Å². The van der Waals surface area contributed by atoms with Crippen LogP contribution in [0.25, 0.3) is 0 Å². The highest BCUT2D eigenvalue weighted by atomic mass is 16.5. The fourth-order valence-electron chi connectivity index (χ4n) is 3.64. The molecule has 3 rings (SSSR count). The topological polar surface area (TPSA) is 66.9 Å². The molecular formula is C20H26N2O4. The van der Waals surface area contributed by atoms with Gasteiger partial charge in [0.15, 0.2) is 0 Å². The van der Waals surface area contributed by atoms with Gasteiger partial charge in [-0.15, -0.1) is 0 Å². The fraction of sp³-hybridized carbons (Fsp3) is 0.550. The minimum absolute atomic E-state index is 0.0530. The van der Waals surface area contributed by atoms with Gasteiger partial charge in [0.25, 0.3) is 5.91 Å². The lowest BCUT2D eigenvalue weighted by Gasteiger charge is -2.31. The van der Waals surface area contributed by atoms with Gasteiger partial charge in [0, 0.05) is 38.2 Å². The Hall–Kier alpha value is -2.37. The van der Waals surface area contributed by atoms with Crippen molar-refractivity contribution in [3.8, 4) is 0 Å². The van der Waals surface area contributed by atoms with Crippen LogP contribution in [0.3, 0.4) is 0 Å². The van der Waals surface area contributed by atoms with Crippen molar-refractivity contribution in [2.24, 2.45) is 5.92 Å². The monoisotopic (exact) mass is 358 g/mol. The SMILES string of the molecule is CCOC(=O)C1CCCN(C(=O)c2ccc(CN3CCCC3=O)cc2)C1. The maximum absolute atomic E-state index is 12.7. The van der Waals surface area contributed by atoms with E-state index in [4.69, 9.17) is 4.74 Å². The van der Waals surface area contributed by atoms with Gasteiger partial charge >= 0.3 is 5.97 Å². The summed E-state index contributed by atoms with van der Waals surface area (Å²) >= 11 is 0. The standard InChI is InChI=1S/C20H26N2O4/c1-2-26-20(25)17-5-3-12-22(14-17)19(24)16-9-7-15(8-10-16)13-21-11-4-6-18(21)23/h7-10,17H,2-6,11-14H2,1H3. The molecular weight excluding hydrogens is 332 g/mol. The molecule has 1 aromatic rings. The van der Waals surface area contributed by atoms with Crippen LogP contribution in [-0.2, 0) is 20.9 Å². The summed E-state index contributed by atoms with van der Waals surface area (Å²) in [7, 11) is 0. The molecule has 2 fully saturated rings. The Kier molecular flexibility index (Phi) is 5.91. The van der Waals surface area contributed by atoms with Crippen LogP contribution in [0.2, 0.25) is 0 Å². The maximum atomic E-state index is 12.7. The lowest BCUT2D eigenvalue weighted by Crippen LogP contribution is -2.42. The van der Waals surface area contributed by atoms with Crippen molar-refractivity contribution in [1.29, 1.82) is 0 Å². The third-order valence-corrected chi connectivity index (χ3v) is 5.07. The maximum Gasteiger partial charge on any atom is 0.310 e. The van der Waals surface area contributed by atoms with Gasteiger partial charge in [0.05, 0.1) is 12.5 Å². The quantitative estimate of drug-likeness (QED) is 0.757. The predicted molar refractivity (Wildman–Crippen MR) is 96.4 cm³/mol. The zero-order valence-corrected chi connectivity index (χ0v) is 15.3. The molecule has 1 unspecified atom stereocenters. The van der Waals surface area contributed by atoms with Crippen LogP contribution in [0.4, 0.5) is 0 Å². The van der Waals surface area contributed by atoms with Crippen molar-refractivity contribution >= 4 is 17.8 Å². The molecule has 0 radical (unpaired) electrons. The number of ether oxygens (including phenoxy) is 1. The van der Waals surface area contributed by atoms with Crippen LogP contribution in [-0.4, -0.2) is 53.8 Å². The minimum Gasteiger partial charge on any atom is -0.466 e. The van der Waals surface area contributed by atoms with Gasteiger partial charge < -0.3 is 14.5 Å². The van der Waals surface area contributed by atoms with Gasteiger partial charge in [-0.05, 0) is 43.9 Å². The number of benzene rings is 1. The molecule has 0 spiro atoms. The Balaban J connectivity index is 1.60. The summed E-state index contributed by atoms with van der Waals surface area (Å²) < 4.78 is 5.09. The molecule has 6 heteroatoms. The molecule has 2 heterocycles. The second-order valence-electron chi connectivity index (χ2n) is 6.96. The molecule has 6 nitrogen and oxygen atoms in total. The zero-order chi connectivity index (χ0) is 18.5. The molecule has 2 aliphatic heterocycles. The minimum atomic E-state index is -0.229. The molecule has 0 N–H and O–H groups in total.